The van der Waals surface area contributed by atoms with Crippen LogP contribution in [0.15, 0.2) is 41.5 Å². The van der Waals surface area contributed by atoms with Crippen LogP contribution in [-0.2, 0) is 15.0 Å². The third-order valence-electron chi connectivity index (χ3n) is 7.22. The minimum Gasteiger partial charge on any atom is -0.490 e. The molecule has 4 heterocycles. The van der Waals surface area contributed by atoms with Gasteiger partial charge in [0.1, 0.15) is 11.4 Å². The van der Waals surface area contributed by atoms with Crippen LogP contribution >= 0.6 is 0 Å². The summed E-state index contributed by atoms with van der Waals surface area (Å²) < 4.78 is 21.1. The number of methoxy groups -OCH3 is 1. The van der Waals surface area contributed by atoms with Crippen molar-refractivity contribution in [3.8, 4) is 5.75 Å². The molecular weight excluding hydrogens is 448 g/mol. The van der Waals surface area contributed by atoms with Crippen LogP contribution in [0.3, 0.4) is 0 Å². The van der Waals surface area contributed by atoms with Gasteiger partial charge in [0.25, 0.3) is 11.5 Å². The summed E-state index contributed by atoms with van der Waals surface area (Å²) >= 11 is 0. The number of carbonyl (C=O) groups is 1. The number of nitrogens with one attached hydrogen (secondary N) is 1. The highest BCUT2D eigenvalue weighted by Crippen LogP contribution is 2.56. The minimum absolute atomic E-state index is 0.131. The second kappa shape index (κ2) is 7.93. The first-order chi connectivity index (χ1) is 16.8. The summed E-state index contributed by atoms with van der Waals surface area (Å²) in [6.45, 7) is 4.99. The number of nitrogens with zero attached hydrogens (tertiary/aromatic N) is 3. The lowest BCUT2D eigenvalue weighted by Gasteiger charge is -2.43. The van der Waals surface area contributed by atoms with Crippen molar-refractivity contribution in [2.45, 2.75) is 62.8 Å². The standard InChI is InChI=1S/C26H30N4O5/c1-16(2)35-22-10-21-17(11-30(28-21)25-12-26(13-25,15-33-3)34-14-25)9-19(22)23(31)27-20-5-4-8-29(24(20)32)18-6-7-18/h4-5,8-11,16,18H,6-7,12-15H2,1-3H3,(H,27,31). The monoisotopic (exact) mass is 478 g/mol. The molecule has 7 rings (SSSR count). The Morgan fingerprint density at radius 2 is 2.11 bits per heavy atom. The molecule has 0 spiro atoms. The molecular formula is C26H30N4O5. The Morgan fingerprint density at radius 1 is 1.31 bits per heavy atom. The molecule has 1 amide bonds. The average Bonchev–Trinajstić information content (AvgIpc) is 3.29. The molecule has 2 aliphatic carbocycles. The summed E-state index contributed by atoms with van der Waals surface area (Å²) in [6.07, 6.45) is 7.30. The Labute approximate surface area is 203 Å². The number of aromatic nitrogens is 3. The number of rotatable bonds is 8. The largest absolute Gasteiger partial charge is 0.490 e. The molecule has 9 nitrogen and oxygen atoms in total. The zero-order valence-electron chi connectivity index (χ0n) is 20.2. The van der Waals surface area contributed by atoms with Gasteiger partial charge < -0.3 is 24.1 Å². The number of hydrogen-bond acceptors (Lipinski definition) is 6. The smallest absolute Gasteiger partial charge is 0.274 e. The van der Waals surface area contributed by atoms with E-state index in [1.807, 2.05) is 30.8 Å². The minimum atomic E-state index is -0.383. The third kappa shape index (κ3) is 3.73. The fraction of sp³-hybridized carbons (Fsp3) is 0.500. The van der Waals surface area contributed by atoms with Gasteiger partial charge in [0.05, 0.1) is 41.5 Å². The molecule has 0 atom stereocenters. The average molecular weight is 479 g/mol. The number of carbonyl (C=O) groups excluding carboxylic acids is 1. The summed E-state index contributed by atoms with van der Waals surface area (Å²) in [5.74, 6) is 0.0577. The molecule has 0 unspecified atom stereocenters. The second-order valence-electron chi connectivity index (χ2n) is 10.4. The van der Waals surface area contributed by atoms with Gasteiger partial charge >= 0.3 is 0 Å². The highest BCUT2D eigenvalue weighted by Gasteiger charge is 2.64. The van der Waals surface area contributed by atoms with Crippen LogP contribution in [0, 0.1) is 0 Å². The predicted molar refractivity (Wildman–Crippen MR) is 130 cm³/mol. The Kier molecular flexibility index (Phi) is 5.05. The molecule has 9 heteroatoms. The second-order valence-corrected chi connectivity index (χ2v) is 10.4. The van der Waals surface area contributed by atoms with E-state index in [0.717, 1.165) is 36.6 Å². The highest BCUT2D eigenvalue weighted by molar-refractivity contribution is 6.08. The maximum atomic E-state index is 13.4. The Balaban J connectivity index is 1.33. The molecule has 2 bridgehead atoms. The molecule has 3 aromatic rings. The van der Waals surface area contributed by atoms with Gasteiger partial charge in [0.2, 0.25) is 0 Å². The van der Waals surface area contributed by atoms with E-state index in [4.69, 9.17) is 19.3 Å². The van der Waals surface area contributed by atoms with Crippen molar-refractivity contribution >= 4 is 22.5 Å². The van der Waals surface area contributed by atoms with Crippen molar-refractivity contribution < 1.29 is 19.0 Å². The van der Waals surface area contributed by atoms with Gasteiger partial charge in [-0.3, -0.25) is 14.3 Å². The SMILES string of the molecule is COCC12CC(n3cc4cc(C(=O)Nc5cccn(C6CC6)c5=O)c(OC(C)C)cc4n3)(CO1)C2. The molecule has 1 aromatic carbocycles. The fourth-order valence-electron chi connectivity index (χ4n) is 5.53. The molecule has 4 fully saturated rings. The van der Waals surface area contributed by atoms with Crippen molar-refractivity contribution in [1.82, 2.24) is 14.3 Å². The summed E-state index contributed by atoms with van der Waals surface area (Å²) in [4.78, 5) is 26.2. The van der Waals surface area contributed by atoms with Crippen LogP contribution < -0.4 is 15.6 Å². The molecule has 0 radical (unpaired) electrons. The number of anilines is 1. The lowest BCUT2D eigenvalue weighted by atomic mass is 9.69. The number of benzene rings is 1. The maximum absolute atomic E-state index is 13.4. The number of fused-ring (bicyclic) bond motifs is 2. The van der Waals surface area contributed by atoms with Crippen molar-refractivity contribution in [3.63, 3.8) is 0 Å². The van der Waals surface area contributed by atoms with Gasteiger partial charge in [-0.1, -0.05) is 0 Å². The topological polar surface area (TPSA) is 96.6 Å². The quantitative estimate of drug-likeness (QED) is 0.533. The van der Waals surface area contributed by atoms with E-state index in [1.165, 1.54) is 0 Å². The molecule has 2 aromatic heterocycles. The lowest BCUT2D eigenvalue weighted by molar-refractivity contribution is -0.0694. The number of ether oxygens (including phenoxy) is 3. The van der Waals surface area contributed by atoms with Gasteiger partial charge in [0, 0.05) is 49.8 Å². The predicted octanol–water partition coefficient (Wildman–Crippen LogP) is 3.48. The van der Waals surface area contributed by atoms with Gasteiger partial charge in [-0.25, -0.2) is 0 Å². The molecule has 2 saturated carbocycles. The number of hydrogen-bond donors (Lipinski definition) is 1. The van der Waals surface area contributed by atoms with Crippen LogP contribution in [0.5, 0.6) is 5.75 Å². The van der Waals surface area contributed by atoms with Gasteiger partial charge in [0.15, 0.2) is 0 Å². The summed E-state index contributed by atoms with van der Waals surface area (Å²) in [5.41, 5.74) is 0.798. The van der Waals surface area contributed by atoms with Crippen LogP contribution in [0.25, 0.3) is 10.9 Å². The summed E-state index contributed by atoms with van der Waals surface area (Å²) in [7, 11) is 1.69. The van der Waals surface area contributed by atoms with E-state index in [9.17, 15) is 9.59 Å². The van der Waals surface area contributed by atoms with Crippen molar-refractivity contribution in [2.75, 3.05) is 25.6 Å². The van der Waals surface area contributed by atoms with Crippen molar-refractivity contribution in [3.05, 3.63) is 52.6 Å². The van der Waals surface area contributed by atoms with E-state index in [-0.39, 0.29) is 40.4 Å². The molecule has 2 aliphatic heterocycles. The van der Waals surface area contributed by atoms with Crippen LogP contribution in [0.2, 0.25) is 0 Å². The molecule has 1 N–H and O–H groups in total. The van der Waals surface area contributed by atoms with Crippen LogP contribution in [0.4, 0.5) is 5.69 Å². The molecule has 35 heavy (non-hydrogen) atoms. The van der Waals surface area contributed by atoms with E-state index >= 15 is 0 Å². The first-order valence-electron chi connectivity index (χ1n) is 12.2. The number of amides is 1. The fourth-order valence-corrected chi connectivity index (χ4v) is 5.53. The van der Waals surface area contributed by atoms with E-state index < -0.39 is 0 Å². The van der Waals surface area contributed by atoms with Crippen molar-refractivity contribution in [2.24, 2.45) is 0 Å². The lowest BCUT2D eigenvalue weighted by Crippen LogP contribution is -2.53. The van der Waals surface area contributed by atoms with Crippen molar-refractivity contribution in [1.29, 1.82) is 0 Å². The van der Waals surface area contributed by atoms with E-state index in [0.29, 0.717) is 24.5 Å². The van der Waals surface area contributed by atoms with Gasteiger partial charge in [-0.15, -0.1) is 0 Å². The summed E-state index contributed by atoms with van der Waals surface area (Å²) in [5, 5.41) is 8.48. The Bertz CT molecular complexity index is 1360. The molecule has 184 valence electrons. The van der Waals surface area contributed by atoms with Crippen LogP contribution in [-0.4, -0.2) is 52.3 Å². The maximum Gasteiger partial charge on any atom is 0.274 e. The van der Waals surface area contributed by atoms with E-state index in [1.54, 1.807) is 36.1 Å². The molecule has 2 saturated heterocycles. The highest BCUT2D eigenvalue weighted by atomic mass is 16.6. The van der Waals surface area contributed by atoms with Gasteiger partial charge in [-0.05, 0) is 44.9 Å². The normalized spacial score (nSPS) is 25.1. The first kappa shape index (κ1) is 22.3. The first-order valence-corrected chi connectivity index (χ1v) is 12.2. The third-order valence-corrected chi connectivity index (χ3v) is 7.22. The Hall–Kier alpha value is -3.17. The Morgan fingerprint density at radius 3 is 2.83 bits per heavy atom. The van der Waals surface area contributed by atoms with Gasteiger partial charge in [-0.2, -0.15) is 5.10 Å². The summed E-state index contributed by atoms with van der Waals surface area (Å²) in [6, 6.07) is 7.26. The zero-order chi connectivity index (χ0) is 24.4. The zero-order valence-corrected chi connectivity index (χ0v) is 20.2. The van der Waals surface area contributed by atoms with Crippen LogP contribution in [0.1, 0.15) is 55.9 Å². The van der Waals surface area contributed by atoms with E-state index in [2.05, 4.69) is 5.32 Å². The number of pyridine rings is 1. The molecule has 4 aliphatic rings.